The van der Waals surface area contributed by atoms with Crippen molar-refractivity contribution in [3.63, 3.8) is 0 Å². The molecule has 0 amide bonds. The van der Waals surface area contributed by atoms with Gasteiger partial charge in [0.1, 0.15) is 15.7 Å². The summed E-state index contributed by atoms with van der Waals surface area (Å²) in [4.78, 5) is 4.97. The first-order valence-electron chi connectivity index (χ1n) is 9.85. The molecule has 0 fully saturated rings. The molecule has 3 heterocycles. The maximum Gasteiger partial charge on any atom is 0.266 e. The SMILES string of the molecule is Cc1c(S(=O)(=O)N2CCc3ccccc32)cc(-c2nc(-c3ccc(F)cc3)cs2)n1C. The van der Waals surface area contributed by atoms with Crippen molar-refractivity contribution in [3.8, 4) is 22.0 Å². The van der Waals surface area contributed by atoms with Crippen LogP contribution in [-0.2, 0) is 23.5 Å². The number of hydrogen-bond acceptors (Lipinski definition) is 4. The Labute approximate surface area is 184 Å². The van der Waals surface area contributed by atoms with Gasteiger partial charge >= 0.3 is 0 Å². The molecule has 2 aromatic heterocycles. The molecule has 0 unspecified atom stereocenters. The van der Waals surface area contributed by atoms with Crippen LogP contribution in [0, 0.1) is 12.7 Å². The van der Waals surface area contributed by atoms with E-state index in [-0.39, 0.29) is 5.82 Å². The van der Waals surface area contributed by atoms with E-state index in [2.05, 4.69) is 4.98 Å². The van der Waals surface area contributed by atoms with Crippen molar-refractivity contribution in [3.05, 3.63) is 77.1 Å². The van der Waals surface area contributed by atoms with Gasteiger partial charge in [0.15, 0.2) is 0 Å². The lowest BCUT2D eigenvalue weighted by Gasteiger charge is -2.19. The molecule has 8 heteroatoms. The normalized spacial score (nSPS) is 13.6. The largest absolute Gasteiger partial charge is 0.345 e. The summed E-state index contributed by atoms with van der Waals surface area (Å²) in [6.07, 6.45) is 0.710. The van der Waals surface area contributed by atoms with Crippen molar-refractivity contribution in [1.82, 2.24) is 9.55 Å². The predicted octanol–water partition coefficient (Wildman–Crippen LogP) is 5.01. The second kappa shape index (κ2) is 7.32. The number of anilines is 1. The number of thiazole rings is 1. The maximum atomic E-state index is 13.5. The Bertz CT molecular complexity index is 1390. The first-order valence-corrected chi connectivity index (χ1v) is 12.2. The molecule has 4 aromatic rings. The van der Waals surface area contributed by atoms with Crippen LogP contribution >= 0.6 is 11.3 Å². The van der Waals surface area contributed by atoms with Crippen LogP contribution in [0.5, 0.6) is 0 Å². The van der Waals surface area contributed by atoms with Gasteiger partial charge < -0.3 is 4.57 Å². The Morgan fingerprint density at radius 2 is 1.84 bits per heavy atom. The molecule has 5 nitrogen and oxygen atoms in total. The van der Waals surface area contributed by atoms with Crippen molar-refractivity contribution in [2.75, 3.05) is 10.8 Å². The van der Waals surface area contributed by atoms with Gasteiger partial charge in [-0.2, -0.15) is 0 Å². The number of rotatable bonds is 4. The summed E-state index contributed by atoms with van der Waals surface area (Å²) < 4.78 is 43.7. The highest BCUT2D eigenvalue weighted by Gasteiger charge is 2.33. The van der Waals surface area contributed by atoms with Gasteiger partial charge in [-0.1, -0.05) is 18.2 Å². The molecule has 1 aliphatic rings. The number of hydrogen-bond donors (Lipinski definition) is 0. The van der Waals surface area contributed by atoms with Gasteiger partial charge in [0, 0.05) is 30.2 Å². The Balaban J connectivity index is 1.54. The first-order chi connectivity index (χ1) is 14.9. The molecule has 0 atom stereocenters. The van der Waals surface area contributed by atoms with E-state index < -0.39 is 10.0 Å². The summed E-state index contributed by atoms with van der Waals surface area (Å²) in [5, 5.41) is 2.61. The van der Waals surface area contributed by atoms with Gasteiger partial charge in [0.2, 0.25) is 0 Å². The first kappa shape index (κ1) is 20.0. The second-order valence-electron chi connectivity index (χ2n) is 7.54. The molecule has 158 valence electrons. The molecule has 0 aliphatic carbocycles. The third-order valence-corrected chi connectivity index (χ3v) is 8.56. The molecule has 0 radical (unpaired) electrons. The van der Waals surface area contributed by atoms with E-state index >= 15 is 0 Å². The van der Waals surface area contributed by atoms with E-state index in [1.807, 2.05) is 48.2 Å². The molecule has 0 bridgehead atoms. The topological polar surface area (TPSA) is 55.2 Å². The van der Waals surface area contributed by atoms with Crippen LogP contribution in [0.25, 0.3) is 22.0 Å². The van der Waals surface area contributed by atoms with Gasteiger partial charge in [0.05, 0.1) is 17.1 Å². The fourth-order valence-corrected chi connectivity index (χ4v) is 6.62. The second-order valence-corrected chi connectivity index (χ2v) is 10.2. The van der Waals surface area contributed by atoms with E-state index in [0.29, 0.717) is 28.6 Å². The van der Waals surface area contributed by atoms with Crippen molar-refractivity contribution in [2.45, 2.75) is 18.2 Å². The van der Waals surface area contributed by atoms with E-state index in [1.54, 1.807) is 18.2 Å². The fraction of sp³-hybridized carbons (Fsp3) is 0.174. The molecule has 0 saturated carbocycles. The quantitative estimate of drug-likeness (QED) is 0.436. The number of nitrogens with zero attached hydrogens (tertiary/aromatic N) is 3. The van der Waals surface area contributed by atoms with Crippen LogP contribution in [0.1, 0.15) is 11.3 Å². The summed E-state index contributed by atoms with van der Waals surface area (Å²) in [5.74, 6) is -0.296. The summed E-state index contributed by atoms with van der Waals surface area (Å²) in [5.41, 5.74) is 4.75. The fourth-order valence-electron chi connectivity index (χ4n) is 3.96. The van der Waals surface area contributed by atoms with Crippen LogP contribution in [0.2, 0.25) is 0 Å². The van der Waals surface area contributed by atoms with Gasteiger partial charge in [-0.05, 0) is 55.3 Å². The number of fused-ring (bicyclic) bond motifs is 1. The van der Waals surface area contributed by atoms with Crippen molar-refractivity contribution < 1.29 is 12.8 Å². The van der Waals surface area contributed by atoms with Crippen LogP contribution in [-0.4, -0.2) is 24.5 Å². The minimum Gasteiger partial charge on any atom is -0.345 e. The minimum atomic E-state index is -3.69. The van der Waals surface area contributed by atoms with E-state index in [1.165, 1.54) is 27.8 Å². The zero-order chi connectivity index (χ0) is 21.8. The molecule has 0 N–H and O–H groups in total. The highest BCUT2D eigenvalue weighted by atomic mass is 32.2. The molecule has 0 spiro atoms. The number of aromatic nitrogens is 2. The van der Waals surface area contributed by atoms with Crippen LogP contribution in [0.3, 0.4) is 0 Å². The average Bonchev–Trinajstić information content (AvgIpc) is 3.47. The highest BCUT2D eigenvalue weighted by Crippen LogP contribution is 2.37. The molecule has 31 heavy (non-hydrogen) atoms. The van der Waals surface area contributed by atoms with E-state index in [4.69, 9.17) is 0 Å². The number of halogens is 1. The molecule has 0 saturated heterocycles. The van der Waals surface area contributed by atoms with Gasteiger partial charge in [-0.15, -0.1) is 11.3 Å². The zero-order valence-corrected chi connectivity index (χ0v) is 18.7. The summed E-state index contributed by atoms with van der Waals surface area (Å²) in [6, 6.07) is 15.5. The average molecular weight is 454 g/mol. The third-order valence-electron chi connectivity index (χ3n) is 5.76. The number of para-hydroxylation sites is 1. The summed E-state index contributed by atoms with van der Waals surface area (Å²) in [7, 11) is -1.85. The van der Waals surface area contributed by atoms with Crippen molar-refractivity contribution in [2.24, 2.45) is 7.05 Å². The molecule has 2 aromatic carbocycles. The highest BCUT2D eigenvalue weighted by molar-refractivity contribution is 7.93. The smallest absolute Gasteiger partial charge is 0.266 e. The molecule has 5 rings (SSSR count). The monoisotopic (exact) mass is 453 g/mol. The lowest BCUT2D eigenvalue weighted by atomic mass is 10.2. The van der Waals surface area contributed by atoms with Crippen molar-refractivity contribution >= 4 is 27.0 Å². The predicted molar refractivity (Wildman–Crippen MR) is 121 cm³/mol. The van der Waals surface area contributed by atoms with Crippen LogP contribution < -0.4 is 4.31 Å². The van der Waals surface area contributed by atoms with Gasteiger partial charge in [-0.25, -0.2) is 17.8 Å². The van der Waals surface area contributed by atoms with E-state index in [0.717, 1.165) is 28.2 Å². The Hall–Kier alpha value is -2.97. The Kier molecular flexibility index (Phi) is 4.71. The Morgan fingerprint density at radius 3 is 2.61 bits per heavy atom. The van der Waals surface area contributed by atoms with Crippen molar-refractivity contribution in [1.29, 1.82) is 0 Å². The summed E-state index contributed by atoms with van der Waals surface area (Å²) in [6.45, 7) is 2.25. The lowest BCUT2D eigenvalue weighted by Crippen LogP contribution is -2.29. The summed E-state index contributed by atoms with van der Waals surface area (Å²) >= 11 is 1.44. The molecular formula is C23H20FN3O2S2. The third kappa shape index (κ3) is 3.26. The lowest BCUT2D eigenvalue weighted by molar-refractivity contribution is 0.591. The van der Waals surface area contributed by atoms with Crippen LogP contribution in [0.15, 0.2) is 64.9 Å². The molecular weight excluding hydrogens is 433 g/mol. The zero-order valence-electron chi connectivity index (χ0n) is 17.0. The molecule has 1 aliphatic heterocycles. The number of benzene rings is 2. The van der Waals surface area contributed by atoms with Gasteiger partial charge in [0.25, 0.3) is 10.0 Å². The number of sulfonamides is 1. The van der Waals surface area contributed by atoms with Gasteiger partial charge in [-0.3, -0.25) is 4.31 Å². The Morgan fingerprint density at radius 1 is 1.10 bits per heavy atom. The standard InChI is InChI=1S/C23H20FN3O2S2/c1-15-22(31(28,29)27-12-11-17-5-3-4-6-20(17)27)13-21(26(15)2)23-25-19(14-30-23)16-7-9-18(24)10-8-16/h3-10,13-14H,11-12H2,1-2H3. The van der Waals surface area contributed by atoms with E-state index in [9.17, 15) is 12.8 Å². The maximum absolute atomic E-state index is 13.5. The van der Waals surface area contributed by atoms with Crippen LogP contribution in [0.4, 0.5) is 10.1 Å². The minimum absolute atomic E-state index is 0.292.